The van der Waals surface area contributed by atoms with Gasteiger partial charge in [0.2, 0.25) is 6.79 Å². The molecule has 5 nitrogen and oxygen atoms in total. The quantitative estimate of drug-likeness (QED) is 0.805. The van der Waals surface area contributed by atoms with Gasteiger partial charge in [0.05, 0.1) is 17.7 Å². The highest BCUT2D eigenvalue weighted by atomic mass is 16.7. The Kier molecular flexibility index (Phi) is 2.53. The zero-order valence-electron chi connectivity index (χ0n) is 7.84. The van der Waals surface area contributed by atoms with Crippen molar-refractivity contribution in [1.29, 1.82) is 0 Å². The van der Waals surface area contributed by atoms with Crippen LogP contribution in [0, 0.1) is 0 Å². The highest BCUT2D eigenvalue weighted by Gasteiger charge is 2.14. The van der Waals surface area contributed by atoms with Crippen molar-refractivity contribution in [3.05, 3.63) is 41.6 Å². The molecule has 1 aromatic heterocycles. The van der Waals surface area contributed by atoms with Crippen molar-refractivity contribution in [1.82, 2.24) is 4.98 Å². The lowest BCUT2D eigenvalue weighted by atomic mass is 10.1. The fourth-order valence-corrected chi connectivity index (χ4v) is 1.30. The summed E-state index contributed by atoms with van der Waals surface area (Å²) in [5.41, 5.74) is 0.663. The Balaban J connectivity index is 2.23. The molecule has 0 fully saturated rings. The third-order valence-corrected chi connectivity index (χ3v) is 1.99. The highest BCUT2D eigenvalue weighted by molar-refractivity contribution is 5.88. The first-order chi connectivity index (χ1) is 7.27. The maximum atomic E-state index is 10.9. The smallest absolute Gasteiger partial charge is 0.337 e. The average molecular weight is 207 g/mol. The first kappa shape index (κ1) is 9.51. The molecule has 0 radical (unpaired) electrons. The largest absolute Gasteiger partial charge is 0.478 e. The van der Waals surface area contributed by atoms with Crippen molar-refractivity contribution in [3.63, 3.8) is 0 Å². The molecule has 1 aliphatic rings. The minimum atomic E-state index is -0.988. The summed E-state index contributed by atoms with van der Waals surface area (Å²) in [5, 5.41) is 8.91. The van der Waals surface area contributed by atoms with Gasteiger partial charge in [0.25, 0.3) is 0 Å². The van der Waals surface area contributed by atoms with Crippen LogP contribution in [0.2, 0.25) is 0 Å². The molecule has 5 heteroatoms. The summed E-state index contributed by atoms with van der Waals surface area (Å²) in [6.07, 6.45) is 3.36. The molecule has 0 aliphatic carbocycles. The number of carboxylic acids is 1. The van der Waals surface area contributed by atoms with Gasteiger partial charge in [-0.2, -0.15) is 0 Å². The van der Waals surface area contributed by atoms with E-state index in [9.17, 15) is 4.79 Å². The third-order valence-electron chi connectivity index (χ3n) is 1.99. The van der Waals surface area contributed by atoms with Gasteiger partial charge in [-0.15, -0.1) is 0 Å². The zero-order chi connectivity index (χ0) is 10.7. The molecule has 1 aromatic rings. The molecule has 1 aliphatic heterocycles. The summed E-state index contributed by atoms with van der Waals surface area (Å²) >= 11 is 0. The maximum Gasteiger partial charge on any atom is 0.337 e. The fourth-order valence-electron chi connectivity index (χ4n) is 1.30. The molecule has 0 spiro atoms. The molecule has 0 unspecified atom stereocenters. The van der Waals surface area contributed by atoms with Gasteiger partial charge in [-0.05, 0) is 12.1 Å². The van der Waals surface area contributed by atoms with Gasteiger partial charge >= 0.3 is 5.97 Å². The van der Waals surface area contributed by atoms with Crippen LogP contribution in [0.25, 0.3) is 0 Å². The summed E-state index contributed by atoms with van der Waals surface area (Å²) in [4.78, 5) is 14.9. The number of allylic oxidation sites excluding steroid dienone is 1. The van der Waals surface area contributed by atoms with Gasteiger partial charge in [0, 0.05) is 6.20 Å². The van der Waals surface area contributed by atoms with Crippen LogP contribution in [0.4, 0.5) is 0 Å². The second-order valence-electron chi connectivity index (χ2n) is 2.99. The van der Waals surface area contributed by atoms with Crippen molar-refractivity contribution in [2.24, 2.45) is 0 Å². The highest BCUT2D eigenvalue weighted by Crippen LogP contribution is 2.15. The number of nitrogens with zero attached hydrogens (tertiary/aromatic N) is 1. The normalized spacial score (nSPS) is 14.0. The van der Waals surface area contributed by atoms with Gasteiger partial charge in [0.1, 0.15) is 12.0 Å². The summed E-state index contributed by atoms with van der Waals surface area (Å²) in [6, 6.07) is 3.11. The molecule has 0 bridgehead atoms. The predicted octanol–water partition coefficient (Wildman–Crippen LogP) is 1.17. The molecule has 0 amide bonds. The number of aromatic nitrogens is 1. The van der Waals surface area contributed by atoms with Gasteiger partial charge in [-0.1, -0.05) is 0 Å². The molecular formula is C10H9NO4. The third kappa shape index (κ3) is 2.07. The van der Waals surface area contributed by atoms with Crippen LogP contribution in [0.15, 0.2) is 30.4 Å². The van der Waals surface area contributed by atoms with E-state index >= 15 is 0 Å². The Morgan fingerprint density at radius 3 is 3.13 bits per heavy atom. The zero-order valence-corrected chi connectivity index (χ0v) is 7.84. The number of ether oxygens (including phenoxy) is 2. The van der Waals surface area contributed by atoms with E-state index in [1.165, 1.54) is 12.3 Å². The number of hydrogen-bond acceptors (Lipinski definition) is 4. The number of aromatic carboxylic acids is 1. The number of hydrogen-bond donors (Lipinski definition) is 1. The molecule has 2 heterocycles. The number of rotatable bonds is 3. The summed E-state index contributed by atoms with van der Waals surface area (Å²) in [5.74, 6) is -0.395. The van der Waals surface area contributed by atoms with E-state index in [0.717, 1.165) is 0 Å². The summed E-state index contributed by atoms with van der Waals surface area (Å²) in [6.45, 7) is 0.185. The van der Waals surface area contributed by atoms with Gasteiger partial charge in [0.15, 0.2) is 0 Å². The van der Waals surface area contributed by atoms with Crippen molar-refractivity contribution >= 4 is 5.97 Å². The lowest BCUT2D eigenvalue weighted by Gasteiger charge is -2.04. The van der Waals surface area contributed by atoms with Gasteiger partial charge in [-0.3, -0.25) is 4.98 Å². The SMILES string of the molecule is O=C(O)c1cccnc1CC1=COCO1. The topological polar surface area (TPSA) is 68.7 Å². The predicted molar refractivity (Wildman–Crippen MR) is 50.0 cm³/mol. The molecular weight excluding hydrogens is 198 g/mol. The van der Waals surface area contributed by atoms with Crippen molar-refractivity contribution in [2.45, 2.75) is 6.42 Å². The van der Waals surface area contributed by atoms with Crippen molar-refractivity contribution < 1.29 is 19.4 Å². The van der Waals surface area contributed by atoms with Gasteiger partial charge in [-0.25, -0.2) is 4.79 Å². The molecule has 15 heavy (non-hydrogen) atoms. The average Bonchev–Trinajstić information content (AvgIpc) is 2.71. The van der Waals surface area contributed by atoms with Crippen LogP contribution < -0.4 is 0 Å². The lowest BCUT2D eigenvalue weighted by Crippen LogP contribution is -2.05. The van der Waals surface area contributed by atoms with E-state index in [2.05, 4.69) is 4.98 Å². The molecule has 0 saturated carbocycles. The van der Waals surface area contributed by atoms with Crippen molar-refractivity contribution in [2.75, 3.05) is 6.79 Å². The van der Waals surface area contributed by atoms with Crippen LogP contribution in [0.5, 0.6) is 0 Å². The number of carboxylic acid groups (broad SMARTS) is 1. The van der Waals surface area contributed by atoms with Crippen LogP contribution >= 0.6 is 0 Å². The van der Waals surface area contributed by atoms with E-state index in [4.69, 9.17) is 14.6 Å². The molecule has 0 saturated heterocycles. The Bertz CT molecular complexity index is 414. The fraction of sp³-hybridized carbons (Fsp3) is 0.200. The minimum absolute atomic E-state index is 0.185. The van der Waals surface area contributed by atoms with E-state index in [1.807, 2.05) is 0 Å². The monoisotopic (exact) mass is 207 g/mol. The second kappa shape index (κ2) is 4.00. The first-order valence-electron chi connectivity index (χ1n) is 4.38. The van der Waals surface area contributed by atoms with Crippen LogP contribution in [-0.4, -0.2) is 22.9 Å². The van der Waals surface area contributed by atoms with Crippen LogP contribution in [0.1, 0.15) is 16.1 Å². The Hall–Kier alpha value is -2.04. The van der Waals surface area contributed by atoms with Crippen LogP contribution in [0.3, 0.4) is 0 Å². The van der Waals surface area contributed by atoms with Gasteiger partial charge < -0.3 is 14.6 Å². The van der Waals surface area contributed by atoms with E-state index in [0.29, 0.717) is 17.9 Å². The summed E-state index contributed by atoms with van der Waals surface area (Å²) in [7, 11) is 0. The van der Waals surface area contributed by atoms with E-state index < -0.39 is 5.97 Å². The molecule has 1 N–H and O–H groups in total. The first-order valence-corrected chi connectivity index (χ1v) is 4.38. The van der Waals surface area contributed by atoms with E-state index in [1.54, 1.807) is 12.3 Å². The standard InChI is InChI=1S/C10H9NO4/c12-10(13)8-2-1-3-11-9(8)4-7-5-14-6-15-7/h1-3,5H,4,6H2,(H,12,13). The summed E-state index contributed by atoms with van der Waals surface area (Å²) < 4.78 is 9.97. The molecule has 2 rings (SSSR count). The van der Waals surface area contributed by atoms with Crippen molar-refractivity contribution in [3.8, 4) is 0 Å². The Morgan fingerprint density at radius 1 is 1.60 bits per heavy atom. The Morgan fingerprint density at radius 2 is 2.47 bits per heavy atom. The van der Waals surface area contributed by atoms with Crippen LogP contribution in [-0.2, 0) is 15.9 Å². The molecule has 78 valence electrons. The number of carbonyl (C=O) groups is 1. The second-order valence-corrected chi connectivity index (χ2v) is 2.99. The molecule has 0 atom stereocenters. The van der Waals surface area contributed by atoms with E-state index in [-0.39, 0.29) is 12.4 Å². The maximum absolute atomic E-state index is 10.9. The lowest BCUT2D eigenvalue weighted by molar-refractivity contribution is 0.0694. The minimum Gasteiger partial charge on any atom is -0.478 e. The Labute approximate surface area is 86.0 Å². The number of pyridine rings is 1. The molecule has 0 aromatic carbocycles.